The van der Waals surface area contributed by atoms with E-state index in [4.69, 9.17) is 19.3 Å². The molecule has 2 aromatic rings. The van der Waals surface area contributed by atoms with E-state index in [9.17, 15) is 19.2 Å². The minimum atomic E-state index is -1.10. The van der Waals surface area contributed by atoms with E-state index in [1.807, 2.05) is 0 Å². The van der Waals surface area contributed by atoms with Crippen LogP contribution >= 0.6 is 0 Å². The third-order valence-corrected chi connectivity index (χ3v) is 3.14. The Kier molecular flexibility index (Phi) is 6.69. The summed E-state index contributed by atoms with van der Waals surface area (Å²) in [5, 5.41) is 11.2. The van der Waals surface area contributed by atoms with Gasteiger partial charge in [-0.1, -0.05) is 0 Å². The molecule has 0 unspecified atom stereocenters. The molecule has 0 aromatic heterocycles. The fraction of sp³-hybridized carbons (Fsp3) is 0.158. The van der Waals surface area contributed by atoms with Crippen LogP contribution in [0.4, 0.5) is 5.69 Å². The molecule has 2 rings (SSSR count). The second kappa shape index (κ2) is 9.17. The first-order chi connectivity index (χ1) is 13.2. The van der Waals surface area contributed by atoms with Gasteiger partial charge in [0.1, 0.15) is 17.2 Å². The van der Waals surface area contributed by atoms with E-state index in [-0.39, 0.29) is 17.1 Å². The zero-order chi connectivity index (χ0) is 20.7. The summed E-state index contributed by atoms with van der Waals surface area (Å²) in [4.78, 5) is 45.3. The first-order valence-corrected chi connectivity index (χ1v) is 8.01. The van der Waals surface area contributed by atoms with Gasteiger partial charge in [-0.3, -0.25) is 14.4 Å². The number of carbonyl (C=O) groups is 4. The first kappa shape index (κ1) is 20.4. The van der Waals surface area contributed by atoms with Gasteiger partial charge >= 0.3 is 17.9 Å². The molecule has 0 fully saturated rings. The molecule has 0 radical (unpaired) electrons. The fourth-order valence-electron chi connectivity index (χ4n) is 2.14. The minimum absolute atomic E-state index is 0.0498. The summed E-state index contributed by atoms with van der Waals surface area (Å²) in [6, 6.07) is 10.0. The van der Waals surface area contributed by atoms with Crippen molar-refractivity contribution in [1.29, 1.82) is 0 Å². The van der Waals surface area contributed by atoms with Gasteiger partial charge in [-0.25, -0.2) is 4.79 Å². The van der Waals surface area contributed by atoms with E-state index in [1.165, 1.54) is 56.3 Å². The van der Waals surface area contributed by atoms with Gasteiger partial charge in [0, 0.05) is 31.2 Å². The molecular formula is C19H17NO8. The maximum absolute atomic E-state index is 12.5. The number of carbonyl (C=O) groups excluding carboxylic acids is 3. The molecule has 0 saturated heterocycles. The third kappa shape index (κ3) is 6.45. The van der Waals surface area contributed by atoms with Crippen LogP contribution in [0.25, 0.3) is 0 Å². The largest absolute Gasteiger partial charge is 0.482 e. The van der Waals surface area contributed by atoms with Crippen LogP contribution < -0.4 is 19.5 Å². The Bertz CT molecular complexity index is 870. The number of carboxylic acids is 1. The number of ether oxygens (including phenoxy) is 3. The third-order valence-electron chi connectivity index (χ3n) is 3.14. The van der Waals surface area contributed by atoms with Gasteiger partial charge in [-0.2, -0.15) is 0 Å². The van der Waals surface area contributed by atoms with Crippen molar-refractivity contribution in [2.45, 2.75) is 13.8 Å². The van der Waals surface area contributed by atoms with Gasteiger partial charge in [0.05, 0.1) is 0 Å². The molecule has 0 saturated carbocycles. The molecule has 0 atom stereocenters. The van der Waals surface area contributed by atoms with Crippen LogP contribution in [0.5, 0.6) is 17.2 Å². The van der Waals surface area contributed by atoms with Crippen LogP contribution in [-0.4, -0.2) is 35.5 Å². The summed E-state index contributed by atoms with van der Waals surface area (Å²) in [6.07, 6.45) is 0. The van der Waals surface area contributed by atoms with E-state index in [1.54, 1.807) is 0 Å². The Hall–Kier alpha value is -3.88. The molecule has 0 bridgehead atoms. The Morgan fingerprint density at radius 2 is 1.39 bits per heavy atom. The predicted molar refractivity (Wildman–Crippen MR) is 96.6 cm³/mol. The highest BCUT2D eigenvalue weighted by Gasteiger charge is 2.13. The lowest BCUT2D eigenvalue weighted by Crippen LogP contribution is -2.13. The number of hydrogen-bond acceptors (Lipinski definition) is 7. The number of anilines is 1. The SMILES string of the molecule is CC(=O)Oc1cc(OC(C)=O)cc(C(=O)Nc2ccc(OCC(=O)O)cc2)c1. The van der Waals surface area contributed by atoms with Crippen molar-refractivity contribution in [1.82, 2.24) is 0 Å². The van der Waals surface area contributed by atoms with Crippen molar-refractivity contribution in [2.75, 3.05) is 11.9 Å². The average Bonchev–Trinajstić information content (AvgIpc) is 2.59. The zero-order valence-corrected chi connectivity index (χ0v) is 15.1. The summed E-state index contributed by atoms with van der Waals surface area (Å²) in [5.74, 6) is -2.40. The van der Waals surface area contributed by atoms with Crippen molar-refractivity contribution < 1.29 is 38.5 Å². The predicted octanol–water partition coefficient (Wildman–Crippen LogP) is 2.25. The van der Waals surface area contributed by atoms with Gasteiger partial charge in [0.15, 0.2) is 6.61 Å². The number of hydrogen-bond donors (Lipinski definition) is 2. The molecule has 2 aromatic carbocycles. The number of rotatable bonds is 7. The minimum Gasteiger partial charge on any atom is -0.482 e. The second-order valence-corrected chi connectivity index (χ2v) is 5.54. The monoisotopic (exact) mass is 387 g/mol. The molecule has 28 heavy (non-hydrogen) atoms. The lowest BCUT2D eigenvalue weighted by Gasteiger charge is -2.10. The number of aliphatic carboxylic acids is 1. The second-order valence-electron chi connectivity index (χ2n) is 5.54. The molecule has 9 heteroatoms. The van der Waals surface area contributed by atoms with E-state index in [0.29, 0.717) is 11.4 Å². The smallest absolute Gasteiger partial charge is 0.341 e. The summed E-state index contributed by atoms with van der Waals surface area (Å²) < 4.78 is 14.9. The van der Waals surface area contributed by atoms with E-state index < -0.39 is 30.4 Å². The van der Waals surface area contributed by atoms with Gasteiger partial charge in [-0.05, 0) is 36.4 Å². The van der Waals surface area contributed by atoms with Crippen molar-refractivity contribution >= 4 is 29.5 Å². The molecule has 2 N–H and O–H groups in total. The Morgan fingerprint density at radius 3 is 1.86 bits per heavy atom. The Labute approximate surface area is 159 Å². The Morgan fingerprint density at radius 1 is 0.857 bits per heavy atom. The molecule has 0 aliphatic carbocycles. The number of amides is 1. The van der Waals surface area contributed by atoms with Crippen LogP contribution in [0.3, 0.4) is 0 Å². The molecule has 0 spiro atoms. The van der Waals surface area contributed by atoms with Crippen LogP contribution in [0.1, 0.15) is 24.2 Å². The number of benzene rings is 2. The van der Waals surface area contributed by atoms with Gasteiger partial charge in [0.2, 0.25) is 0 Å². The highest BCUT2D eigenvalue weighted by Crippen LogP contribution is 2.25. The molecular weight excluding hydrogens is 370 g/mol. The zero-order valence-electron chi connectivity index (χ0n) is 15.1. The molecule has 146 valence electrons. The van der Waals surface area contributed by atoms with Crippen molar-refractivity contribution in [3.05, 3.63) is 48.0 Å². The topological polar surface area (TPSA) is 128 Å². The normalized spacial score (nSPS) is 9.93. The molecule has 0 heterocycles. The molecule has 0 aliphatic rings. The van der Waals surface area contributed by atoms with E-state index in [2.05, 4.69) is 5.32 Å². The van der Waals surface area contributed by atoms with Crippen LogP contribution in [-0.2, 0) is 14.4 Å². The molecule has 1 amide bonds. The van der Waals surface area contributed by atoms with E-state index >= 15 is 0 Å². The number of esters is 2. The first-order valence-electron chi connectivity index (χ1n) is 8.01. The molecule has 9 nitrogen and oxygen atoms in total. The summed E-state index contributed by atoms with van der Waals surface area (Å²) in [7, 11) is 0. The highest BCUT2D eigenvalue weighted by molar-refractivity contribution is 6.05. The van der Waals surface area contributed by atoms with Crippen molar-refractivity contribution in [3.8, 4) is 17.2 Å². The molecule has 0 aliphatic heterocycles. The quantitative estimate of drug-likeness (QED) is 0.547. The van der Waals surface area contributed by atoms with Crippen molar-refractivity contribution in [2.24, 2.45) is 0 Å². The average molecular weight is 387 g/mol. The maximum Gasteiger partial charge on any atom is 0.341 e. The maximum atomic E-state index is 12.5. The standard InChI is InChI=1S/C19H17NO8/c1-11(21)27-16-7-13(8-17(9-16)28-12(2)22)19(25)20-14-3-5-15(6-4-14)26-10-18(23)24/h3-9H,10H2,1-2H3,(H,20,25)(H,23,24). The lowest BCUT2D eigenvalue weighted by atomic mass is 10.1. The van der Waals surface area contributed by atoms with Crippen LogP contribution in [0.15, 0.2) is 42.5 Å². The summed E-state index contributed by atoms with van der Waals surface area (Å²) >= 11 is 0. The fourth-order valence-corrected chi connectivity index (χ4v) is 2.14. The lowest BCUT2D eigenvalue weighted by molar-refractivity contribution is -0.139. The van der Waals surface area contributed by atoms with E-state index in [0.717, 1.165) is 0 Å². The van der Waals surface area contributed by atoms with Crippen LogP contribution in [0.2, 0.25) is 0 Å². The highest BCUT2D eigenvalue weighted by atomic mass is 16.5. The summed E-state index contributed by atoms with van der Waals surface area (Å²) in [5.41, 5.74) is 0.515. The van der Waals surface area contributed by atoms with Gasteiger partial charge in [-0.15, -0.1) is 0 Å². The number of carboxylic acid groups (broad SMARTS) is 1. The van der Waals surface area contributed by atoms with Gasteiger partial charge in [0.25, 0.3) is 5.91 Å². The summed E-state index contributed by atoms with van der Waals surface area (Å²) in [6.45, 7) is 1.92. The Balaban J connectivity index is 2.16. The van der Waals surface area contributed by atoms with Crippen LogP contribution in [0, 0.1) is 0 Å². The number of nitrogens with one attached hydrogen (secondary N) is 1. The van der Waals surface area contributed by atoms with Gasteiger partial charge < -0.3 is 24.6 Å². The van der Waals surface area contributed by atoms with Crippen molar-refractivity contribution in [3.63, 3.8) is 0 Å².